The maximum absolute atomic E-state index is 13.0. The number of hydrogen-bond acceptors (Lipinski definition) is 5. The molecular formula is C18H16F3NO5. The van der Waals surface area contributed by atoms with E-state index in [9.17, 15) is 27.9 Å². The van der Waals surface area contributed by atoms with Crippen molar-refractivity contribution in [2.45, 2.75) is 19.2 Å². The number of methoxy groups -OCH3 is 1. The van der Waals surface area contributed by atoms with Crippen LogP contribution >= 0.6 is 0 Å². The summed E-state index contributed by atoms with van der Waals surface area (Å²) in [5.74, 6) is -2.08. The topological polar surface area (TPSA) is 84.9 Å². The maximum atomic E-state index is 13.0. The molecule has 1 amide bonds. The van der Waals surface area contributed by atoms with Crippen LogP contribution < -0.4 is 10.1 Å². The van der Waals surface area contributed by atoms with Crippen molar-refractivity contribution in [1.82, 2.24) is 0 Å². The van der Waals surface area contributed by atoms with Gasteiger partial charge in [-0.1, -0.05) is 12.1 Å². The molecule has 0 spiro atoms. The highest BCUT2D eigenvalue weighted by atomic mass is 19.4. The van der Waals surface area contributed by atoms with Gasteiger partial charge in [0.1, 0.15) is 17.1 Å². The van der Waals surface area contributed by atoms with Gasteiger partial charge in [0, 0.05) is 6.07 Å². The van der Waals surface area contributed by atoms with E-state index in [1.165, 1.54) is 44.4 Å². The molecule has 0 saturated carbocycles. The number of hydrogen-bond donors (Lipinski definition) is 2. The van der Waals surface area contributed by atoms with Gasteiger partial charge < -0.3 is 19.9 Å². The fourth-order valence-electron chi connectivity index (χ4n) is 2.16. The number of rotatable bonds is 5. The van der Waals surface area contributed by atoms with Crippen LogP contribution in [0, 0.1) is 0 Å². The summed E-state index contributed by atoms with van der Waals surface area (Å²) < 4.78 is 48.7. The third-order valence-corrected chi connectivity index (χ3v) is 3.57. The molecule has 0 unspecified atom stereocenters. The average molecular weight is 383 g/mol. The molecule has 0 heterocycles. The Kier molecular flexibility index (Phi) is 5.94. The van der Waals surface area contributed by atoms with Gasteiger partial charge in [0.05, 0.1) is 18.4 Å². The largest absolute Gasteiger partial charge is 0.507 e. The van der Waals surface area contributed by atoms with E-state index in [1.807, 2.05) is 0 Å². The number of nitrogens with one attached hydrogen (secondary N) is 1. The molecule has 0 aliphatic carbocycles. The number of anilines is 1. The number of aromatic hydroxyl groups is 1. The Morgan fingerprint density at radius 2 is 1.81 bits per heavy atom. The molecular weight excluding hydrogens is 367 g/mol. The first kappa shape index (κ1) is 20.1. The number of phenolic OH excluding ortho intramolecular Hbond substituents is 1. The van der Waals surface area contributed by atoms with Crippen molar-refractivity contribution in [3.63, 3.8) is 0 Å². The number of ether oxygens (including phenoxy) is 2. The lowest BCUT2D eigenvalue weighted by Crippen LogP contribution is -2.30. The van der Waals surface area contributed by atoms with Crippen molar-refractivity contribution in [3.8, 4) is 11.5 Å². The Hall–Kier alpha value is -3.23. The van der Waals surface area contributed by atoms with Crippen LogP contribution in [0.2, 0.25) is 0 Å². The molecule has 2 N–H and O–H groups in total. The highest BCUT2D eigenvalue weighted by Gasteiger charge is 2.34. The second-order valence-corrected chi connectivity index (χ2v) is 5.46. The summed E-state index contributed by atoms with van der Waals surface area (Å²) in [5, 5.41) is 11.9. The first-order valence-electron chi connectivity index (χ1n) is 7.68. The minimum absolute atomic E-state index is 0.217. The van der Waals surface area contributed by atoms with Crippen LogP contribution in [0.15, 0.2) is 42.5 Å². The van der Waals surface area contributed by atoms with Gasteiger partial charge in [0.15, 0.2) is 6.10 Å². The van der Waals surface area contributed by atoms with E-state index in [4.69, 9.17) is 9.47 Å². The van der Waals surface area contributed by atoms with E-state index in [1.54, 1.807) is 0 Å². The normalized spacial score (nSPS) is 12.2. The van der Waals surface area contributed by atoms with Gasteiger partial charge in [-0.05, 0) is 31.2 Å². The third-order valence-electron chi connectivity index (χ3n) is 3.57. The van der Waals surface area contributed by atoms with Gasteiger partial charge in [-0.2, -0.15) is 13.2 Å². The number of para-hydroxylation sites is 1. The molecule has 0 aliphatic rings. The van der Waals surface area contributed by atoms with Crippen molar-refractivity contribution in [2.24, 2.45) is 0 Å². The summed E-state index contributed by atoms with van der Waals surface area (Å²) in [6.45, 7) is 1.20. The smallest absolute Gasteiger partial charge is 0.418 e. The summed E-state index contributed by atoms with van der Waals surface area (Å²) in [5.41, 5.74) is -1.69. The number of phenols is 1. The zero-order chi connectivity index (χ0) is 20.2. The molecule has 2 aromatic carbocycles. The second kappa shape index (κ2) is 7.98. The standard InChI is InChI=1S/C18H16F3NO5/c1-10(27-17(25)12-8-7-11(26-2)9-15(12)23)16(24)22-14-6-4-3-5-13(14)18(19,20)21/h3-10,23H,1-2H3,(H,22,24)/t10-/m1/s1. The van der Waals surface area contributed by atoms with Crippen molar-refractivity contribution >= 4 is 17.6 Å². The third kappa shape index (κ3) is 4.90. The maximum Gasteiger partial charge on any atom is 0.418 e. The molecule has 2 rings (SSSR count). The van der Waals surface area contributed by atoms with Gasteiger partial charge in [-0.3, -0.25) is 4.79 Å². The fraction of sp³-hybridized carbons (Fsp3) is 0.222. The SMILES string of the molecule is COc1ccc(C(=O)O[C@H](C)C(=O)Nc2ccccc2C(F)(F)F)c(O)c1. The van der Waals surface area contributed by atoms with Crippen LogP contribution in [0.4, 0.5) is 18.9 Å². The van der Waals surface area contributed by atoms with Gasteiger partial charge in [0.25, 0.3) is 5.91 Å². The molecule has 27 heavy (non-hydrogen) atoms. The van der Waals surface area contributed by atoms with Gasteiger partial charge in [-0.15, -0.1) is 0 Å². The molecule has 0 radical (unpaired) electrons. The zero-order valence-electron chi connectivity index (χ0n) is 14.3. The van der Waals surface area contributed by atoms with E-state index >= 15 is 0 Å². The van der Waals surface area contributed by atoms with Crippen LogP contribution in [0.1, 0.15) is 22.8 Å². The summed E-state index contributed by atoms with van der Waals surface area (Å²) >= 11 is 0. The Morgan fingerprint density at radius 3 is 2.41 bits per heavy atom. The monoisotopic (exact) mass is 383 g/mol. The number of amides is 1. The molecule has 9 heteroatoms. The Morgan fingerprint density at radius 1 is 1.15 bits per heavy atom. The molecule has 0 aromatic heterocycles. The Bertz CT molecular complexity index is 851. The van der Waals surface area contributed by atoms with Crippen molar-refractivity contribution in [2.75, 3.05) is 12.4 Å². The van der Waals surface area contributed by atoms with E-state index < -0.39 is 41.2 Å². The van der Waals surface area contributed by atoms with Gasteiger partial charge in [-0.25, -0.2) is 4.79 Å². The Balaban J connectivity index is 2.10. The second-order valence-electron chi connectivity index (χ2n) is 5.46. The predicted octanol–water partition coefficient (Wildman–Crippen LogP) is 3.60. The fourth-order valence-corrected chi connectivity index (χ4v) is 2.16. The van der Waals surface area contributed by atoms with Crippen molar-refractivity contribution in [1.29, 1.82) is 0 Å². The summed E-state index contributed by atoms with van der Waals surface area (Å²) in [6, 6.07) is 8.25. The minimum Gasteiger partial charge on any atom is -0.507 e. The predicted molar refractivity (Wildman–Crippen MR) is 89.6 cm³/mol. The highest BCUT2D eigenvalue weighted by Crippen LogP contribution is 2.34. The van der Waals surface area contributed by atoms with Crippen LogP contribution in [0.5, 0.6) is 11.5 Å². The van der Waals surface area contributed by atoms with E-state index in [2.05, 4.69) is 5.32 Å². The quantitative estimate of drug-likeness (QED) is 0.771. The molecule has 144 valence electrons. The van der Waals surface area contributed by atoms with Gasteiger partial charge in [0.2, 0.25) is 0 Å². The summed E-state index contributed by atoms with van der Waals surface area (Å²) in [7, 11) is 1.37. The zero-order valence-corrected chi connectivity index (χ0v) is 14.3. The lowest BCUT2D eigenvalue weighted by molar-refractivity contribution is -0.137. The lowest BCUT2D eigenvalue weighted by atomic mass is 10.1. The number of carbonyl (C=O) groups excluding carboxylic acids is 2. The van der Waals surface area contributed by atoms with Crippen LogP contribution in [0.3, 0.4) is 0 Å². The first-order chi connectivity index (χ1) is 12.6. The highest BCUT2D eigenvalue weighted by molar-refractivity contribution is 5.98. The number of benzene rings is 2. The van der Waals surface area contributed by atoms with E-state index in [0.29, 0.717) is 5.75 Å². The molecule has 2 aromatic rings. The van der Waals surface area contributed by atoms with Crippen LogP contribution in [-0.2, 0) is 15.7 Å². The molecule has 0 fully saturated rings. The van der Waals surface area contributed by atoms with Crippen LogP contribution in [0.25, 0.3) is 0 Å². The molecule has 0 saturated heterocycles. The molecule has 6 nitrogen and oxygen atoms in total. The first-order valence-corrected chi connectivity index (χ1v) is 7.68. The molecule has 1 atom stereocenters. The summed E-state index contributed by atoms with van der Waals surface area (Å²) in [4.78, 5) is 24.2. The van der Waals surface area contributed by atoms with Gasteiger partial charge >= 0.3 is 12.1 Å². The van der Waals surface area contributed by atoms with E-state index in [-0.39, 0.29) is 5.56 Å². The lowest BCUT2D eigenvalue weighted by Gasteiger charge is -2.17. The number of carbonyl (C=O) groups is 2. The minimum atomic E-state index is -4.65. The van der Waals surface area contributed by atoms with Crippen molar-refractivity contribution in [3.05, 3.63) is 53.6 Å². The Labute approximate surface area is 152 Å². The number of alkyl halides is 3. The molecule has 0 aliphatic heterocycles. The molecule has 0 bridgehead atoms. The van der Waals surface area contributed by atoms with Crippen LogP contribution in [-0.4, -0.2) is 30.2 Å². The van der Waals surface area contributed by atoms with Crippen molar-refractivity contribution < 1.29 is 37.3 Å². The number of halogens is 3. The summed E-state index contributed by atoms with van der Waals surface area (Å²) in [6.07, 6.45) is -6.06. The van der Waals surface area contributed by atoms with E-state index in [0.717, 1.165) is 12.1 Å². The average Bonchev–Trinajstić information content (AvgIpc) is 2.60. The number of esters is 1.